The fraction of sp³-hybridized carbons (Fsp3) is 0.350. The Morgan fingerprint density at radius 2 is 1.80 bits per heavy atom. The highest BCUT2D eigenvalue weighted by Crippen LogP contribution is 2.16. The molecule has 1 fully saturated rings. The van der Waals surface area contributed by atoms with Crippen molar-refractivity contribution in [3.05, 3.63) is 65.5 Å². The third kappa shape index (κ3) is 5.03. The van der Waals surface area contributed by atoms with Crippen LogP contribution in [-0.2, 0) is 17.9 Å². The van der Waals surface area contributed by atoms with Crippen LogP contribution >= 0.6 is 0 Å². The lowest BCUT2D eigenvalue weighted by molar-refractivity contribution is -0.123. The van der Waals surface area contributed by atoms with E-state index >= 15 is 0 Å². The minimum atomic E-state index is -0.243. The molecule has 0 aromatic heterocycles. The van der Waals surface area contributed by atoms with Gasteiger partial charge in [0.1, 0.15) is 18.2 Å². The van der Waals surface area contributed by atoms with E-state index in [0.717, 1.165) is 24.3 Å². The Morgan fingerprint density at radius 3 is 2.48 bits per heavy atom. The van der Waals surface area contributed by atoms with Crippen LogP contribution in [0.25, 0.3) is 0 Å². The summed E-state index contributed by atoms with van der Waals surface area (Å²) in [7, 11) is 0. The number of hydrogen-bond donors (Lipinski definition) is 2. The Hall–Kier alpha value is -2.40. The van der Waals surface area contributed by atoms with Gasteiger partial charge in [-0.25, -0.2) is 4.39 Å². The maximum atomic E-state index is 12.9. The standard InChI is InChI=1S/C20H23FN2O2/c1-14-19(10-11-20(24)23-14)22-12-15-4-8-18(9-5-15)25-13-16-2-6-17(21)7-3-16/h2-9,14,19,22H,10-13H2,1H3,(H,23,24). The maximum Gasteiger partial charge on any atom is 0.220 e. The van der Waals surface area contributed by atoms with Gasteiger partial charge in [0.2, 0.25) is 5.91 Å². The number of carbonyl (C=O) groups excluding carboxylic acids is 1. The van der Waals surface area contributed by atoms with Gasteiger partial charge in [0.15, 0.2) is 0 Å². The fourth-order valence-electron chi connectivity index (χ4n) is 2.94. The molecular weight excluding hydrogens is 319 g/mol. The number of rotatable bonds is 6. The third-order valence-electron chi connectivity index (χ3n) is 4.49. The fourth-order valence-corrected chi connectivity index (χ4v) is 2.94. The quantitative estimate of drug-likeness (QED) is 0.848. The molecule has 1 heterocycles. The molecular formula is C20H23FN2O2. The van der Waals surface area contributed by atoms with Crippen LogP contribution in [0.2, 0.25) is 0 Å². The van der Waals surface area contributed by atoms with Crippen molar-refractivity contribution in [2.24, 2.45) is 0 Å². The van der Waals surface area contributed by atoms with E-state index in [4.69, 9.17) is 4.74 Å². The Labute approximate surface area is 147 Å². The molecule has 0 spiro atoms. The molecule has 25 heavy (non-hydrogen) atoms. The van der Waals surface area contributed by atoms with Gasteiger partial charge >= 0.3 is 0 Å². The summed E-state index contributed by atoms with van der Waals surface area (Å²) in [5, 5.41) is 6.47. The maximum absolute atomic E-state index is 12.9. The number of nitrogens with one attached hydrogen (secondary N) is 2. The number of amides is 1. The van der Waals surface area contributed by atoms with Gasteiger partial charge in [-0.1, -0.05) is 24.3 Å². The zero-order valence-corrected chi connectivity index (χ0v) is 14.3. The van der Waals surface area contributed by atoms with Crippen molar-refractivity contribution in [2.45, 2.75) is 45.0 Å². The first-order valence-corrected chi connectivity index (χ1v) is 8.59. The topological polar surface area (TPSA) is 50.4 Å². The van der Waals surface area contributed by atoms with E-state index in [1.54, 1.807) is 12.1 Å². The van der Waals surface area contributed by atoms with Crippen molar-refractivity contribution in [2.75, 3.05) is 0 Å². The lowest BCUT2D eigenvalue weighted by Crippen LogP contribution is -2.52. The molecule has 4 nitrogen and oxygen atoms in total. The van der Waals surface area contributed by atoms with Crippen LogP contribution in [0, 0.1) is 5.82 Å². The second-order valence-electron chi connectivity index (χ2n) is 6.44. The zero-order chi connectivity index (χ0) is 17.6. The molecule has 1 saturated heterocycles. The Bertz CT molecular complexity index is 701. The molecule has 0 aliphatic carbocycles. The zero-order valence-electron chi connectivity index (χ0n) is 14.3. The monoisotopic (exact) mass is 342 g/mol. The van der Waals surface area contributed by atoms with Crippen LogP contribution in [0.4, 0.5) is 4.39 Å². The van der Waals surface area contributed by atoms with Crippen LogP contribution in [0.15, 0.2) is 48.5 Å². The van der Waals surface area contributed by atoms with Crippen LogP contribution in [0.5, 0.6) is 5.75 Å². The summed E-state index contributed by atoms with van der Waals surface area (Å²) in [6.07, 6.45) is 1.45. The molecule has 0 saturated carbocycles. The smallest absolute Gasteiger partial charge is 0.220 e. The van der Waals surface area contributed by atoms with E-state index in [9.17, 15) is 9.18 Å². The average molecular weight is 342 g/mol. The molecule has 0 bridgehead atoms. The molecule has 1 amide bonds. The van der Waals surface area contributed by atoms with Crippen molar-refractivity contribution in [1.29, 1.82) is 0 Å². The van der Waals surface area contributed by atoms with Crippen molar-refractivity contribution < 1.29 is 13.9 Å². The molecule has 1 aliphatic heterocycles. The van der Waals surface area contributed by atoms with Crippen LogP contribution in [0.3, 0.4) is 0 Å². The van der Waals surface area contributed by atoms with Gasteiger partial charge in [-0.3, -0.25) is 4.79 Å². The highest BCUT2D eigenvalue weighted by atomic mass is 19.1. The number of hydrogen-bond acceptors (Lipinski definition) is 3. The van der Waals surface area contributed by atoms with Gasteiger partial charge in [-0.2, -0.15) is 0 Å². The average Bonchev–Trinajstić information content (AvgIpc) is 2.61. The summed E-state index contributed by atoms with van der Waals surface area (Å²) in [6, 6.07) is 14.7. The van der Waals surface area contributed by atoms with Crippen molar-refractivity contribution >= 4 is 5.91 Å². The highest BCUT2D eigenvalue weighted by molar-refractivity contribution is 5.77. The van der Waals surface area contributed by atoms with E-state index < -0.39 is 0 Å². The number of carbonyl (C=O) groups is 1. The molecule has 2 atom stereocenters. The van der Waals surface area contributed by atoms with Crippen molar-refractivity contribution in [1.82, 2.24) is 10.6 Å². The van der Waals surface area contributed by atoms with Gasteiger partial charge in [0.05, 0.1) is 0 Å². The van der Waals surface area contributed by atoms with Gasteiger partial charge in [0.25, 0.3) is 0 Å². The van der Waals surface area contributed by atoms with Gasteiger partial charge in [0, 0.05) is 25.0 Å². The minimum absolute atomic E-state index is 0.133. The summed E-state index contributed by atoms with van der Waals surface area (Å²) >= 11 is 0. The molecule has 2 N–H and O–H groups in total. The van der Waals surface area contributed by atoms with Crippen molar-refractivity contribution in [3.8, 4) is 5.75 Å². The van der Waals surface area contributed by atoms with E-state index in [1.165, 1.54) is 17.7 Å². The third-order valence-corrected chi connectivity index (χ3v) is 4.49. The van der Waals surface area contributed by atoms with Gasteiger partial charge in [-0.15, -0.1) is 0 Å². The first kappa shape index (κ1) is 17.4. The normalized spacial score (nSPS) is 20.2. The molecule has 5 heteroatoms. The SMILES string of the molecule is CC1NC(=O)CCC1NCc1ccc(OCc2ccc(F)cc2)cc1. The summed E-state index contributed by atoms with van der Waals surface area (Å²) in [5.74, 6) is 0.673. The van der Waals surface area contributed by atoms with Crippen LogP contribution in [0.1, 0.15) is 30.9 Å². The minimum Gasteiger partial charge on any atom is -0.489 e. The Morgan fingerprint density at radius 1 is 1.12 bits per heavy atom. The van der Waals surface area contributed by atoms with E-state index in [-0.39, 0.29) is 17.8 Å². The van der Waals surface area contributed by atoms with Gasteiger partial charge in [-0.05, 0) is 48.7 Å². The molecule has 3 rings (SSSR count). The van der Waals surface area contributed by atoms with Crippen LogP contribution < -0.4 is 15.4 Å². The summed E-state index contributed by atoms with van der Waals surface area (Å²) < 4.78 is 18.6. The second kappa shape index (κ2) is 8.12. The molecule has 1 aliphatic rings. The molecule has 2 unspecified atom stereocenters. The summed E-state index contributed by atoms with van der Waals surface area (Å²) in [6.45, 7) is 3.20. The van der Waals surface area contributed by atoms with Crippen molar-refractivity contribution in [3.63, 3.8) is 0 Å². The summed E-state index contributed by atoms with van der Waals surface area (Å²) in [5.41, 5.74) is 2.10. The Kier molecular flexibility index (Phi) is 5.66. The molecule has 132 valence electrons. The predicted octanol–water partition coefficient (Wildman–Crippen LogP) is 3.16. The number of piperidine rings is 1. The lowest BCUT2D eigenvalue weighted by Gasteiger charge is -2.30. The number of halogens is 1. The van der Waals surface area contributed by atoms with E-state index in [1.807, 2.05) is 31.2 Å². The molecule has 0 radical (unpaired) electrons. The molecule has 2 aromatic rings. The number of ether oxygens (including phenoxy) is 1. The second-order valence-corrected chi connectivity index (χ2v) is 6.44. The Balaban J connectivity index is 1.47. The van der Waals surface area contributed by atoms with Crippen LogP contribution in [-0.4, -0.2) is 18.0 Å². The van der Waals surface area contributed by atoms with E-state index in [2.05, 4.69) is 10.6 Å². The number of benzene rings is 2. The van der Waals surface area contributed by atoms with E-state index in [0.29, 0.717) is 19.1 Å². The highest BCUT2D eigenvalue weighted by Gasteiger charge is 2.24. The largest absolute Gasteiger partial charge is 0.489 e. The molecule has 2 aromatic carbocycles. The predicted molar refractivity (Wildman–Crippen MR) is 94.6 cm³/mol. The summed E-state index contributed by atoms with van der Waals surface area (Å²) in [4.78, 5) is 11.3. The van der Waals surface area contributed by atoms with Gasteiger partial charge < -0.3 is 15.4 Å². The lowest BCUT2D eigenvalue weighted by atomic mass is 9.99. The first-order valence-electron chi connectivity index (χ1n) is 8.59. The first-order chi connectivity index (χ1) is 12.1.